The van der Waals surface area contributed by atoms with E-state index in [-0.39, 0.29) is 18.7 Å². The van der Waals surface area contributed by atoms with Gasteiger partial charge in [0.25, 0.3) is 5.91 Å². The van der Waals surface area contributed by atoms with Crippen molar-refractivity contribution in [2.75, 3.05) is 6.79 Å². The lowest BCUT2D eigenvalue weighted by atomic mass is 9.85. The average Bonchev–Trinajstić information content (AvgIpc) is 3.34. The first-order valence-corrected chi connectivity index (χ1v) is 11.8. The maximum atomic E-state index is 13.6. The summed E-state index contributed by atoms with van der Waals surface area (Å²) >= 11 is 7.87. The Morgan fingerprint density at radius 1 is 1.13 bits per heavy atom. The number of benzene rings is 2. The fourth-order valence-electron chi connectivity index (χ4n) is 4.34. The van der Waals surface area contributed by atoms with Crippen LogP contribution in [0, 0.1) is 5.92 Å². The highest BCUT2D eigenvalue weighted by molar-refractivity contribution is 8.18. The number of carbonyl (C=O) groups is 1. The molecule has 2 atom stereocenters. The van der Waals surface area contributed by atoms with E-state index in [4.69, 9.17) is 26.1 Å². The number of hydrogen-bond acceptors (Lipinski definition) is 5. The molecule has 2 aromatic carbocycles. The van der Waals surface area contributed by atoms with Crippen LogP contribution in [0.5, 0.6) is 11.5 Å². The fourth-order valence-corrected chi connectivity index (χ4v) is 5.58. The van der Waals surface area contributed by atoms with Crippen LogP contribution in [0.1, 0.15) is 38.2 Å². The van der Waals surface area contributed by atoms with Crippen molar-refractivity contribution in [1.82, 2.24) is 4.90 Å². The number of aliphatic imine (C=N–C) groups is 1. The molecule has 5 rings (SSSR count). The lowest BCUT2D eigenvalue weighted by Crippen LogP contribution is -2.44. The second-order valence-corrected chi connectivity index (χ2v) is 9.49. The van der Waals surface area contributed by atoms with Gasteiger partial charge in [0.05, 0.1) is 15.6 Å². The Morgan fingerprint density at radius 3 is 2.65 bits per heavy atom. The number of carbonyl (C=O) groups excluding carboxylic acids is 1. The van der Waals surface area contributed by atoms with Gasteiger partial charge in [-0.15, -0.1) is 0 Å². The van der Waals surface area contributed by atoms with Gasteiger partial charge in [-0.1, -0.05) is 49.6 Å². The Morgan fingerprint density at radius 2 is 1.87 bits per heavy atom. The Bertz CT molecular complexity index is 1070. The van der Waals surface area contributed by atoms with Crippen molar-refractivity contribution in [3.63, 3.8) is 0 Å². The first kappa shape index (κ1) is 20.5. The normalized spacial score (nSPS) is 25.6. The third-order valence-corrected chi connectivity index (χ3v) is 7.30. The van der Waals surface area contributed by atoms with Gasteiger partial charge >= 0.3 is 0 Å². The van der Waals surface area contributed by atoms with E-state index in [0.717, 1.165) is 35.7 Å². The summed E-state index contributed by atoms with van der Waals surface area (Å²) < 4.78 is 10.9. The summed E-state index contributed by atoms with van der Waals surface area (Å²) in [5, 5.41) is 1.26. The van der Waals surface area contributed by atoms with Gasteiger partial charge < -0.3 is 9.47 Å². The van der Waals surface area contributed by atoms with Gasteiger partial charge in [0.15, 0.2) is 16.7 Å². The second-order valence-electron chi connectivity index (χ2n) is 8.07. The number of halogens is 1. The van der Waals surface area contributed by atoms with E-state index in [1.807, 2.05) is 47.4 Å². The number of fused-ring (bicyclic) bond motifs is 1. The Labute approximate surface area is 191 Å². The van der Waals surface area contributed by atoms with Crippen LogP contribution in [-0.4, -0.2) is 28.8 Å². The summed E-state index contributed by atoms with van der Waals surface area (Å²) in [6.45, 7) is 2.42. The highest BCUT2D eigenvalue weighted by Gasteiger charge is 2.41. The van der Waals surface area contributed by atoms with Crippen LogP contribution < -0.4 is 9.47 Å². The van der Waals surface area contributed by atoms with E-state index in [1.54, 1.807) is 6.07 Å². The average molecular weight is 455 g/mol. The Kier molecular flexibility index (Phi) is 5.67. The summed E-state index contributed by atoms with van der Waals surface area (Å²) in [6, 6.07) is 13.5. The van der Waals surface area contributed by atoms with Crippen LogP contribution in [0.25, 0.3) is 6.08 Å². The molecule has 2 heterocycles. The molecule has 1 saturated carbocycles. The van der Waals surface area contributed by atoms with Gasteiger partial charge in [0.1, 0.15) is 0 Å². The molecule has 2 aliphatic heterocycles. The molecule has 1 aliphatic carbocycles. The monoisotopic (exact) mass is 454 g/mol. The molecule has 7 heteroatoms. The van der Waals surface area contributed by atoms with Gasteiger partial charge in [0.2, 0.25) is 6.79 Å². The van der Waals surface area contributed by atoms with Crippen LogP contribution in [-0.2, 0) is 4.79 Å². The molecule has 3 aliphatic rings. The molecular formula is C24H23ClN2O3S. The zero-order valence-electron chi connectivity index (χ0n) is 17.2. The zero-order chi connectivity index (χ0) is 21.4. The topological polar surface area (TPSA) is 51.1 Å². The van der Waals surface area contributed by atoms with Crippen molar-refractivity contribution in [2.45, 2.75) is 38.6 Å². The van der Waals surface area contributed by atoms with E-state index in [2.05, 4.69) is 6.92 Å². The number of thioether (sulfide) groups is 1. The Balaban J connectivity index is 1.53. The summed E-state index contributed by atoms with van der Waals surface area (Å²) in [5.74, 6) is 1.70. The van der Waals surface area contributed by atoms with E-state index < -0.39 is 0 Å². The van der Waals surface area contributed by atoms with Crippen LogP contribution in [0.15, 0.2) is 52.4 Å². The molecule has 0 bridgehead atoms. The van der Waals surface area contributed by atoms with Gasteiger partial charge in [-0.25, -0.2) is 4.99 Å². The van der Waals surface area contributed by atoms with Gasteiger partial charge in [-0.3, -0.25) is 9.69 Å². The molecule has 31 heavy (non-hydrogen) atoms. The number of amidine groups is 1. The maximum Gasteiger partial charge on any atom is 0.267 e. The molecule has 0 spiro atoms. The van der Waals surface area contributed by atoms with Crippen molar-refractivity contribution in [2.24, 2.45) is 10.9 Å². The molecule has 0 aromatic heterocycles. The molecule has 1 saturated heterocycles. The summed E-state index contributed by atoms with van der Waals surface area (Å²) in [5.41, 5.74) is 1.58. The number of nitrogens with zero attached hydrogens (tertiary/aromatic N) is 2. The number of hydrogen-bond donors (Lipinski definition) is 0. The first-order valence-electron chi connectivity index (χ1n) is 10.6. The third-order valence-electron chi connectivity index (χ3n) is 5.99. The number of amides is 1. The van der Waals surface area contributed by atoms with Crippen molar-refractivity contribution < 1.29 is 14.3 Å². The lowest BCUT2D eigenvalue weighted by molar-refractivity contribution is -0.124. The van der Waals surface area contributed by atoms with E-state index >= 15 is 0 Å². The van der Waals surface area contributed by atoms with Crippen molar-refractivity contribution >= 4 is 46.2 Å². The summed E-state index contributed by atoms with van der Waals surface area (Å²) in [7, 11) is 0. The minimum absolute atomic E-state index is 0.00725. The van der Waals surface area contributed by atoms with Crippen molar-refractivity contribution in [3.05, 3.63) is 58.0 Å². The minimum atomic E-state index is -0.00725. The van der Waals surface area contributed by atoms with Crippen LogP contribution in [0.2, 0.25) is 5.02 Å². The second kappa shape index (κ2) is 8.60. The predicted octanol–water partition coefficient (Wildman–Crippen LogP) is 6.25. The molecule has 2 aromatic rings. The van der Waals surface area contributed by atoms with E-state index in [1.165, 1.54) is 18.2 Å². The maximum absolute atomic E-state index is 13.6. The van der Waals surface area contributed by atoms with E-state index in [9.17, 15) is 4.79 Å². The SMILES string of the molecule is C[C@@H]1CCCC[C@@H]1N1C(=O)/C(=C/c2cc3c(cc2Cl)OCO3)SC1=Nc1ccccc1. The Hall–Kier alpha value is -2.44. The van der Waals surface area contributed by atoms with Crippen molar-refractivity contribution in [3.8, 4) is 11.5 Å². The zero-order valence-corrected chi connectivity index (χ0v) is 18.8. The van der Waals surface area contributed by atoms with Gasteiger partial charge in [0, 0.05) is 12.1 Å². The fraction of sp³-hybridized carbons (Fsp3) is 0.333. The number of para-hydroxylation sites is 1. The molecule has 0 N–H and O–H groups in total. The van der Waals surface area contributed by atoms with Crippen molar-refractivity contribution in [1.29, 1.82) is 0 Å². The van der Waals surface area contributed by atoms with Crippen LogP contribution in [0.4, 0.5) is 5.69 Å². The minimum Gasteiger partial charge on any atom is -0.454 e. The summed E-state index contributed by atoms with van der Waals surface area (Å²) in [4.78, 5) is 20.9. The van der Waals surface area contributed by atoms with E-state index in [0.29, 0.717) is 27.3 Å². The van der Waals surface area contributed by atoms with Crippen LogP contribution in [0.3, 0.4) is 0 Å². The summed E-state index contributed by atoms with van der Waals surface area (Å²) in [6.07, 6.45) is 6.32. The highest BCUT2D eigenvalue weighted by atomic mass is 35.5. The van der Waals surface area contributed by atoms with Gasteiger partial charge in [-0.05, 0) is 60.4 Å². The largest absolute Gasteiger partial charge is 0.454 e. The number of ether oxygens (including phenoxy) is 2. The van der Waals surface area contributed by atoms with Crippen LogP contribution >= 0.6 is 23.4 Å². The number of rotatable bonds is 3. The quantitative estimate of drug-likeness (QED) is 0.514. The molecule has 5 nitrogen and oxygen atoms in total. The predicted molar refractivity (Wildman–Crippen MR) is 125 cm³/mol. The highest BCUT2D eigenvalue weighted by Crippen LogP contribution is 2.42. The third kappa shape index (κ3) is 4.06. The first-order chi connectivity index (χ1) is 15.1. The smallest absolute Gasteiger partial charge is 0.267 e. The molecule has 2 fully saturated rings. The molecule has 1 amide bonds. The standard InChI is InChI=1S/C24H23ClN2O3S/c1-15-7-5-6-10-19(15)27-23(28)22(31-24(27)26-17-8-3-2-4-9-17)12-16-11-20-21(13-18(16)25)30-14-29-20/h2-4,8-9,11-13,15,19H,5-7,10,14H2,1H3/b22-12-,26-24?/t15-,19+/m1/s1. The molecule has 160 valence electrons. The molecule has 0 radical (unpaired) electrons. The molecular weight excluding hydrogens is 432 g/mol. The van der Waals surface area contributed by atoms with Gasteiger partial charge in [-0.2, -0.15) is 0 Å². The lowest BCUT2D eigenvalue weighted by Gasteiger charge is -2.35. The molecule has 0 unspecified atom stereocenters.